The Morgan fingerprint density at radius 3 is 2.56 bits per heavy atom. The molecular weight excluding hydrogens is 332 g/mol. The molecule has 0 spiro atoms. The van der Waals surface area contributed by atoms with Gasteiger partial charge in [0.15, 0.2) is 5.16 Å². The van der Waals surface area contributed by atoms with Gasteiger partial charge in [-0.2, -0.15) is 0 Å². The van der Waals surface area contributed by atoms with E-state index < -0.39 is 0 Å². The third-order valence-electron chi connectivity index (χ3n) is 4.08. The smallest absolute Gasteiger partial charge is 0.258 e. The van der Waals surface area contributed by atoms with Gasteiger partial charge in [-0.25, -0.2) is 9.97 Å². The van der Waals surface area contributed by atoms with E-state index in [1.54, 1.807) is 17.8 Å². The molecule has 0 bridgehead atoms. The summed E-state index contributed by atoms with van der Waals surface area (Å²) in [5, 5.41) is 1.55. The molecule has 5 nitrogen and oxygen atoms in total. The van der Waals surface area contributed by atoms with Gasteiger partial charge >= 0.3 is 0 Å². The Balaban J connectivity index is 1.69. The molecule has 0 aliphatic rings. The molecule has 6 heteroatoms. The molecule has 0 saturated carbocycles. The molecule has 126 valence electrons. The molecule has 1 N–H and O–H groups in total. The van der Waals surface area contributed by atoms with E-state index >= 15 is 0 Å². The van der Waals surface area contributed by atoms with Crippen LogP contribution in [0.5, 0.6) is 0 Å². The van der Waals surface area contributed by atoms with Crippen molar-refractivity contribution in [3.63, 3.8) is 0 Å². The highest BCUT2D eigenvalue weighted by Crippen LogP contribution is 2.29. The maximum Gasteiger partial charge on any atom is 0.258 e. The Kier molecular flexibility index (Phi) is 4.05. The average Bonchev–Trinajstić information content (AvgIpc) is 2.98. The largest absolute Gasteiger partial charge is 0.316 e. The number of H-pyrrole nitrogens is 1. The van der Waals surface area contributed by atoms with Crippen LogP contribution < -0.4 is 5.56 Å². The first kappa shape index (κ1) is 15.9. The highest BCUT2D eigenvalue weighted by molar-refractivity contribution is 7.98. The predicted molar refractivity (Wildman–Crippen MR) is 102 cm³/mol. The van der Waals surface area contributed by atoms with Crippen molar-refractivity contribution >= 4 is 33.7 Å². The Morgan fingerprint density at radius 1 is 1.04 bits per heavy atom. The quantitative estimate of drug-likeness (QED) is 0.562. The van der Waals surface area contributed by atoms with Gasteiger partial charge in [0.25, 0.3) is 5.56 Å². The minimum atomic E-state index is -0.0986. The molecule has 0 unspecified atom stereocenters. The second kappa shape index (κ2) is 6.37. The summed E-state index contributed by atoms with van der Waals surface area (Å²) in [6, 6.07) is 15.8. The van der Waals surface area contributed by atoms with E-state index in [9.17, 15) is 4.79 Å². The van der Waals surface area contributed by atoms with Crippen LogP contribution in [0.1, 0.15) is 25.7 Å². The van der Waals surface area contributed by atoms with Gasteiger partial charge in [-0.1, -0.05) is 36.0 Å². The SMILES string of the molecule is CC(C)n1c(SCc2nc3ccccc3c(=O)[nH]2)nc2ccccc21. The van der Waals surface area contributed by atoms with Gasteiger partial charge in [-0.05, 0) is 38.1 Å². The van der Waals surface area contributed by atoms with Crippen molar-refractivity contribution < 1.29 is 0 Å². The second-order valence-corrected chi connectivity index (χ2v) is 7.11. The fourth-order valence-electron chi connectivity index (χ4n) is 2.96. The summed E-state index contributed by atoms with van der Waals surface area (Å²) in [5.41, 5.74) is 2.73. The molecule has 0 aliphatic carbocycles. The van der Waals surface area contributed by atoms with Crippen molar-refractivity contribution in [1.82, 2.24) is 19.5 Å². The third-order valence-corrected chi connectivity index (χ3v) is 5.04. The fraction of sp³-hybridized carbons (Fsp3) is 0.211. The highest BCUT2D eigenvalue weighted by atomic mass is 32.2. The highest BCUT2D eigenvalue weighted by Gasteiger charge is 2.14. The Hall–Kier alpha value is -2.60. The summed E-state index contributed by atoms with van der Waals surface area (Å²) >= 11 is 1.59. The lowest BCUT2D eigenvalue weighted by atomic mass is 10.2. The van der Waals surface area contributed by atoms with Gasteiger partial charge in [-0.15, -0.1) is 0 Å². The third kappa shape index (κ3) is 2.93. The lowest BCUT2D eigenvalue weighted by Crippen LogP contribution is -2.11. The topological polar surface area (TPSA) is 63.6 Å². The molecule has 0 radical (unpaired) electrons. The van der Waals surface area contributed by atoms with Crippen LogP contribution in [0, 0.1) is 0 Å². The van der Waals surface area contributed by atoms with E-state index in [4.69, 9.17) is 4.98 Å². The summed E-state index contributed by atoms with van der Waals surface area (Å²) in [4.78, 5) is 24.4. The van der Waals surface area contributed by atoms with E-state index in [1.165, 1.54) is 0 Å². The van der Waals surface area contributed by atoms with Crippen molar-refractivity contribution in [1.29, 1.82) is 0 Å². The van der Waals surface area contributed by atoms with Crippen LogP contribution in [0.2, 0.25) is 0 Å². The van der Waals surface area contributed by atoms with Gasteiger partial charge in [-0.3, -0.25) is 4.79 Å². The van der Waals surface area contributed by atoms with Crippen molar-refractivity contribution in [3.05, 3.63) is 64.7 Å². The van der Waals surface area contributed by atoms with E-state index in [-0.39, 0.29) is 5.56 Å². The summed E-state index contributed by atoms with van der Waals surface area (Å²) in [6.45, 7) is 4.29. The predicted octanol–water partition coefficient (Wildman–Crippen LogP) is 4.15. The number of imidazole rings is 1. The molecule has 25 heavy (non-hydrogen) atoms. The van der Waals surface area contributed by atoms with Crippen LogP contribution in [0.15, 0.2) is 58.5 Å². The maximum atomic E-state index is 12.2. The first-order valence-electron chi connectivity index (χ1n) is 8.21. The van der Waals surface area contributed by atoms with Crippen LogP contribution >= 0.6 is 11.8 Å². The monoisotopic (exact) mass is 350 g/mol. The van der Waals surface area contributed by atoms with E-state index in [0.717, 1.165) is 21.7 Å². The second-order valence-electron chi connectivity index (χ2n) is 6.17. The van der Waals surface area contributed by atoms with E-state index in [2.05, 4.69) is 34.4 Å². The molecule has 0 aliphatic heterocycles. The zero-order valence-corrected chi connectivity index (χ0v) is 14.9. The normalized spacial score (nSPS) is 11.6. The first-order valence-corrected chi connectivity index (χ1v) is 9.20. The van der Waals surface area contributed by atoms with E-state index in [0.29, 0.717) is 23.0 Å². The van der Waals surface area contributed by atoms with Crippen LogP contribution in [-0.4, -0.2) is 19.5 Å². The number of hydrogen-bond donors (Lipinski definition) is 1. The van der Waals surface area contributed by atoms with Gasteiger partial charge < -0.3 is 9.55 Å². The van der Waals surface area contributed by atoms with Crippen LogP contribution in [0.3, 0.4) is 0 Å². The minimum absolute atomic E-state index is 0.0986. The zero-order chi connectivity index (χ0) is 17.4. The van der Waals surface area contributed by atoms with Crippen molar-refractivity contribution in [3.8, 4) is 0 Å². The number of aromatic nitrogens is 4. The van der Waals surface area contributed by atoms with Gasteiger partial charge in [0.2, 0.25) is 0 Å². The molecular formula is C19H18N4OS. The molecule has 0 amide bonds. The average molecular weight is 350 g/mol. The molecule has 0 atom stereocenters. The lowest BCUT2D eigenvalue weighted by Gasteiger charge is -2.12. The number of fused-ring (bicyclic) bond motifs is 2. The number of nitrogens with zero attached hydrogens (tertiary/aromatic N) is 3. The molecule has 2 heterocycles. The molecule has 0 saturated heterocycles. The number of thioether (sulfide) groups is 1. The van der Waals surface area contributed by atoms with Crippen molar-refractivity contribution in [2.24, 2.45) is 0 Å². The Labute approximate surface area is 149 Å². The number of para-hydroxylation sites is 3. The number of aromatic amines is 1. The van der Waals surface area contributed by atoms with Gasteiger partial charge in [0.1, 0.15) is 5.82 Å². The number of rotatable bonds is 4. The van der Waals surface area contributed by atoms with Crippen molar-refractivity contribution in [2.45, 2.75) is 30.8 Å². The Morgan fingerprint density at radius 2 is 1.76 bits per heavy atom. The first-order chi connectivity index (χ1) is 12.1. The van der Waals surface area contributed by atoms with Crippen LogP contribution in [0.4, 0.5) is 0 Å². The van der Waals surface area contributed by atoms with Crippen molar-refractivity contribution in [2.75, 3.05) is 0 Å². The summed E-state index contributed by atoms with van der Waals surface area (Å²) in [6.07, 6.45) is 0. The summed E-state index contributed by atoms with van der Waals surface area (Å²) in [7, 11) is 0. The molecule has 4 aromatic rings. The molecule has 4 rings (SSSR count). The number of benzene rings is 2. The minimum Gasteiger partial charge on any atom is -0.316 e. The zero-order valence-electron chi connectivity index (χ0n) is 14.1. The standard InChI is InChI=1S/C19H18N4OS/c1-12(2)23-16-10-6-5-9-15(16)21-19(23)25-11-17-20-14-8-4-3-7-13(14)18(24)22-17/h3-10,12H,11H2,1-2H3,(H,20,22,24). The lowest BCUT2D eigenvalue weighted by molar-refractivity contribution is 0.566. The maximum absolute atomic E-state index is 12.2. The van der Waals surface area contributed by atoms with Gasteiger partial charge in [0.05, 0.1) is 27.7 Å². The fourth-order valence-corrected chi connectivity index (χ4v) is 3.97. The summed E-state index contributed by atoms with van der Waals surface area (Å²) < 4.78 is 2.22. The molecule has 0 fully saturated rings. The molecule has 2 aromatic carbocycles. The van der Waals surface area contributed by atoms with Crippen LogP contribution in [-0.2, 0) is 5.75 Å². The van der Waals surface area contributed by atoms with Gasteiger partial charge in [0, 0.05) is 6.04 Å². The number of hydrogen-bond acceptors (Lipinski definition) is 4. The summed E-state index contributed by atoms with van der Waals surface area (Å²) in [5.74, 6) is 1.23. The van der Waals surface area contributed by atoms with E-state index in [1.807, 2.05) is 36.4 Å². The van der Waals surface area contributed by atoms with Crippen LogP contribution in [0.25, 0.3) is 21.9 Å². The Bertz CT molecular complexity index is 1110. The number of nitrogens with one attached hydrogen (secondary N) is 1. The molecule has 2 aromatic heterocycles.